The third-order valence-corrected chi connectivity index (χ3v) is 4.73. The van der Waals surface area contributed by atoms with E-state index in [2.05, 4.69) is 35.3 Å². The number of hydrogen-bond donors (Lipinski definition) is 1. The molecular weight excluding hydrogens is 260 g/mol. The molecule has 1 aromatic rings. The van der Waals surface area contributed by atoms with E-state index in [1.54, 1.807) is 0 Å². The first kappa shape index (κ1) is 14.7. The van der Waals surface area contributed by atoms with Crippen molar-refractivity contribution in [2.75, 3.05) is 31.5 Å². The minimum Gasteiger partial charge on any atom is -0.486 e. The molecule has 3 rings (SSSR count). The minimum atomic E-state index is 0.320. The molecule has 21 heavy (non-hydrogen) atoms. The van der Waals surface area contributed by atoms with Crippen LogP contribution in [0.1, 0.15) is 44.6 Å². The standard InChI is InChI=1S/C18H28N2O/c1-2-16-14-19-17-13-15(7-8-18(17)21-16)9-12-20-10-5-3-4-6-11-20/h7-8,13,16,19H,2-6,9-12,14H2,1H3. The topological polar surface area (TPSA) is 24.5 Å². The van der Waals surface area contributed by atoms with Crippen LogP contribution in [0.15, 0.2) is 18.2 Å². The summed E-state index contributed by atoms with van der Waals surface area (Å²) in [4.78, 5) is 2.63. The van der Waals surface area contributed by atoms with Gasteiger partial charge in [-0.1, -0.05) is 25.8 Å². The van der Waals surface area contributed by atoms with Crippen LogP contribution in [0.3, 0.4) is 0 Å². The molecule has 2 heterocycles. The molecule has 2 aliphatic heterocycles. The Bertz CT molecular complexity index is 453. The quantitative estimate of drug-likeness (QED) is 0.914. The Hall–Kier alpha value is -1.22. The van der Waals surface area contributed by atoms with Crippen molar-refractivity contribution < 1.29 is 4.74 Å². The van der Waals surface area contributed by atoms with Gasteiger partial charge in [0.15, 0.2) is 0 Å². The summed E-state index contributed by atoms with van der Waals surface area (Å²) >= 11 is 0. The highest BCUT2D eigenvalue weighted by Gasteiger charge is 2.17. The number of rotatable bonds is 4. The van der Waals surface area contributed by atoms with E-state index in [0.717, 1.165) is 25.1 Å². The molecule has 1 unspecified atom stereocenters. The highest BCUT2D eigenvalue weighted by Crippen LogP contribution is 2.30. The lowest BCUT2D eigenvalue weighted by Crippen LogP contribution is -2.30. The molecule has 3 nitrogen and oxygen atoms in total. The number of fused-ring (bicyclic) bond motifs is 1. The number of likely N-dealkylation sites (tertiary alicyclic amines) is 1. The Morgan fingerprint density at radius 2 is 2.00 bits per heavy atom. The molecule has 1 aromatic carbocycles. The van der Waals surface area contributed by atoms with E-state index in [9.17, 15) is 0 Å². The maximum absolute atomic E-state index is 5.97. The maximum Gasteiger partial charge on any atom is 0.142 e. The number of nitrogens with one attached hydrogen (secondary N) is 1. The zero-order valence-electron chi connectivity index (χ0n) is 13.2. The second-order valence-corrected chi connectivity index (χ2v) is 6.37. The van der Waals surface area contributed by atoms with Crippen LogP contribution in [0.2, 0.25) is 0 Å². The Kier molecular flexibility index (Phi) is 5.02. The maximum atomic E-state index is 5.97. The van der Waals surface area contributed by atoms with Crippen LogP contribution in [0, 0.1) is 0 Å². The predicted molar refractivity (Wildman–Crippen MR) is 88.3 cm³/mol. The van der Waals surface area contributed by atoms with Gasteiger partial charge < -0.3 is 15.0 Å². The lowest BCUT2D eigenvalue weighted by molar-refractivity contribution is 0.201. The first-order valence-electron chi connectivity index (χ1n) is 8.61. The van der Waals surface area contributed by atoms with Crippen molar-refractivity contribution in [1.82, 2.24) is 4.90 Å². The first-order valence-corrected chi connectivity index (χ1v) is 8.61. The van der Waals surface area contributed by atoms with Crippen molar-refractivity contribution in [1.29, 1.82) is 0 Å². The molecule has 0 bridgehead atoms. The Labute approximate surface area is 128 Å². The fourth-order valence-electron chi connectivity index (χ4n) is 3.29. The fraction of sp³-hybridized carbons (Fsp3) is 0.667. The van der Waals surface area contributed by atoms with Gasteiger partial charge >= 0.3 is 0 Å². The number of benzene rings is 1. The molecule has 0 spiro atoms. The zero-order chi connectivity index (χ0) is 14.5. The molecule has 3 heteroatoms. The number of nitrogens with zero attached hydrogens (tertiary/aromatic N) is 1. The normalized spacial score (nSPS) is 22.8. The van der Waals surface area contributed by atoms with Crippen molar-refractivity contribution >= 4 is 5.69 Å². The summed E-state index contributed by atoms with van der Waals surface area (Å²) in [6, 6.07) is 6.65. The number of anilines is 1. The van der Waals surface area contributed by atoms with Gasteiger partial charge in [0.2, 0.25) is 0 Å². The molecule has 1 fully saturated rings. The molecule has 116 valence electrons. The van der Waals surface area contributed by atoms with Crippen molar-refractivity contribution in [3.63, 3.8) is 0 Å². The van der Waals surface area contributed by atoms with Crippen LogP contribution >= 0.6 is 0 Å². The molecule has 0 aromatic heterocycles. The Morgan fingerprint density at radius 1 is 1.19 bits per heavy atom. The molecule has 1 saturated heterocycles. The number of ether oxygens (including phenoxy) is 1. The number of hydrogen-bond acceptors (Lipinski definition) is 3. The molecule has 0 saturated carbocycles. The van der Waals surface area contributed by atoms with Gasteiger partial charge in [0.1, 0.15) is 11.9 Å². The van der Waals surface area contributed by atoms with Crippen LogP contribution in [-0.4, -0.2) is 37.2 Å². The van der Waals surface area contributed by atoms with Gasteiger partial charge in [0.05, 0.1) is 12.2 Å². The zero-order valence-corrected chi connectivity index (χ0v) is 13.2. The minimum absolute atomic E-state index is 0.320. The Balaban J connectivity index is 1.57. The van der Waals surface area contributed by atoms with Gasteiger partial charge in [-0.25, -0.2) is 0 Å². The second-order valence-electron chi connectivity index (χ2n) is 6.37. The lowest BCUT2D eigenvalue weighted by atomic mass is 10.1. The van der Waals surface area contributed by atoms with Crippen molar-refractivity contribution in [2.24, 2.45) is 0 Å². The molecule has 0 amide bonds. The molecular formula is C18H28N2O. The van der Waals surface area contributed by atoms with E-state index in [1.807, 2.05) is 0 Å². The van der Waals surface area contributed by atoms with E-state index in [1.165, 1.54) is 56.6 Å². The van der Waals surface area contributed by atoms with E-state index in [0.29, 0.717) is 6.10 Å². The van der Waals surface area contributed by atoms with Gasteiger partial charge in [0, 0.05) is 6.54 Å². The molecule has 0 radical (unpaired) electrons. The van der Waals surface area contributed by atoms with Crippen molar-refractivity contribution in [2.45, 2.75) is 51.6 Å². The van der Waals surface area contributed by atoms with Crippen LogP contribution < -0.4 is 10.1 Å². The van der Waals surface area contributed by atoms with Crippen LogP contribution in [-0.2, 0) is 6.42 Å². The van der Waals surface area contributed by atoms with Gasteiger partial charge in [-0.3, -0.25) is 0 Å². The monoisotopic (exact) mass is 288 g/mol. The van der Waals surface area contributed by atoms with Crippen molar-refractivity contribution in [3.8, 4) is 5.75 Å². The van der Waals surface area contributed by atoms with Crippen molar-refractivity contribution in [3.05, 3.63) is 23.8 Å². The smallest absolute Gasteiger partial charge is 0.142 e. The summed E-state index contributed by atoms with van der Waals surface area (Å²) in [6.45, 7) is 6.86. The summed E-state index contributed by atoms with van der Waals surface area (Å²) < 4.78 is 5.97. The van der Waals surface area contributed by atoms with Gasteiger partial charge in [-0.2, -0.15) is 0 Å². The fourth-order valence-corrected chi connectivity index (χ4v) is 3.29. The van der Waals surface area contributed by atoms with Crippen LogP contribution in [0.25, 0.3) is 0 Å². The average Bonchev–Trinajstić information content (AvgIpc) is 2.81. The second kappa shape index (κ2) is 7.17. The third kappa shape index (κ3) is 3.91. The van der Waals surface area contributed by atoms with E-state index in [4.69, 9.17) is 4.74 Å². The highest BCUT2D eigenvalue weighted by atomic mass is 16.5. The summed E-state index contributed by atoms with van der Waals surface area (Å²) in [5.74, 6) is 1.02. The average molecular weight is 288 g/mol. The SMILES string of the molecule is CCC1CNc2cc(CCN3CCCCCC3)ccc2O1. The molecule has 2 aliphatic rings. The predicted octanol–water partition coefficient (Wildman–Crippen LogP) is 3.69. The van der Waals surface area contributed by atoms with E-state index in [-0.39, 0.29) is 0 Å². The van der Waals surface area contributed by atoms with Crippen LogP contribution in [0.5, 0.6) is 5.75 Å². The third-order valence-electron chi connectivity index (χ3n) is 4.73. The highest BCUT2D eigenvalue weighted by molar-refractivity contribution is 5.59. The molecule has 0 aliphatic carbocycles. The van der Waals surface area contributed by atoms with Gasteiger partial charge in [0.25, 0.3) is 0 Å². The summed E-state index contributed by atoms with van der Waals surface area (Å²) in [5, 5.41) is 3.51. The van der Waals surface area contributed by atoms with Crippen LogP contribution in [0.4, 0.5) is 5.69 Å². The summed E-state index contributed by atoms with van der Waals surface area (Å²) in [7, 11) is 0. The summed E-state index contributed by atoms with van der Waals surface area (Å²) in [5.41, 5.74) is 2.59. The molecule has 1 N–H and O–H groups in total. The van der Waals surface area contributed by atoms with Gasteiger partial charge in [-0.15, -0.1) is 0 Å². The lowest BCUT2D eigenvalue weighted by Gasteiger charge is -2.27. The molecule has 1 atom stereocenters. The Morgan fingerprint density at radius 3 is 2.76 bits per heavy atom. The van der Waals surface area contributed by atoms with E-state index < -0.39 is 0 Å². The summed E-state index contributed by atoms with van der Waals surface area (Å²) in [6.07, 6.45) is 8.09. The van der Waals surface area contributed by atoms with E-state index >= 15 is 0 Å². The van der Waals surface area contributed by atoms with Gasteiger partial charge in [-0.05, 0) is 56.5 Å². The first-order chi connectivity index (χ1) is 10.3. The largest absolute Gasteiger partial charge is 0.486 e.